The van der Waals surface area contributed by atoms with E-state index >= 15 is 0 Å². The molecule has 0 saturated heterocycles. The van der Waals surface area contributed by atoms with Crippen LogP contribution < -0.4 is 10.6 Å². The SMILES string of the molecule is CCc1ccc2c(-c3cccc(C(N)=O)c3)c(CS(=O)O)c(N(C)C)nn12. The summed E-state index contributed by atoms with van der Waals surface area (Å²) in [6.45, 7) is 2.04. The summed E-state index contributed by atoms with van der Waals surface area (Å²) in [4.78, 5) is 13.5. The molecule has 0 aliphatic heterocycles. The molecule has 1 unspecified atom stereocenters. The van der Waals surface area contributed by atoms with Gasteiger partial charge in [-0.25, -0.2) is 8.72 Å². The minimum Gasteiger partial charge on any atom is -0.366 e. The normalized spacial score (nSPS) is 12.3. The Kier molecular flexibility index (Phi) is 5.29. The number of amides is 1. The van der Waals surface area contributed by atoms with E-state index in [0.29, 0.717) is 16.9 Å². The average molecular weight is 386 g/mol. The topological polar surface area (TPSA) is 101 Å². The molecule has 0 radical (unpaired) electrons. The molecule has 3 N–H and O–H groups in total. The molecule has 3 rings (SSSR count). The first-order valence-electron chi connectivity index (χ1n) is 8.52. The number of hydrogen-bond acceptors (Lipinski definition) is 4. The zero-order valence-electron chi connectivity index (χ0n) is 15.5. The standard InChI is InChI=1S/C19H22N4O3S/c1-4-14-8-9-16-17(12-6-5-7-13(10-12)18(20)24)15(11-27(25)26)19(22(2)3)21-23(14)16/h5-10H,4,11H2,1-3H3,(H2,20,24)(H,25,26). The van der Waals surface area contributed by atoms with Crippen LogP contribution in [0.4, 0.5) is 5.82 Å². The van der Waals surface area contributed by atoms with Gasteiger partial charge in [0.1, 0.15) is 0 Å². The number of primary amides is 1. The van der Waals surface area contributed by atoms with Crippen LogP contribution in [0.3, 0.4) is 0 Å². The Morgan fingerprint density at radius 3 is 2.63 bits per heavy atom. The molecule has 0 spiro atoms. The first kappa shape index (κ1) is 19.1. The maximum absolute atomic E-state index is 11.7. The molecule has 2 aromatic heterocycles. The van der Waals surface area contributed by atoms with E-state index in [9.17, 15) is 13.6 Å². The predicted molar refractivity (Wildman–Crippen MR) is 107 cm³/mol. The Bertz CT molecular complexity index is 1040. The number of anilines is 1. The van der Waals surface area contributed by atoms with Crippen molar-refractivity contribution in [2.45, 2.75) is 19.1 Å². The highest BCUT2D eigenvalue weighted by Crippen LogP contribution is 2.35. The minimum atomic E-state index is -2.05. The van der Waals surface area contributed by atoms with Gasteiger partial charge >= 0.3 is 0 Å². The van der Waals surface area contributed by atoms with Crippen LogP contribution in [0, 0.1) is 0 Å². The molecule has 0 aliphatic rings. The van der Waals surface area contributed by atoms with Crippen LogP contribution in [-0.4, -0.2) is 38.4 Å². The Balaban J connectivity index is 2.43. The van der Waals surface area contributed by atoms with E-state index in [1.54, 1.807) is 18.2 Å². The van der Waals surface area contributed by atoms with Crippen molar-refractivity contribution in [2.75, 3.05) is 19.0 Å². The highest BCUT2D eigenvalue weighted by Gasteiger charge is 2.21. The third-order valence-electron chi connectivity index (χ3n) is 4.45. The number of carbonyl (C=O) groups excluding carboxylic acids is 1. The molecule has 8 heteroatoms. The summed E-state index contributed by atoms with van der Waals surface area (Å²) in [5.41, 5.74) is 9.85. The zero-order chi connectivity index (χ0) is 19.7. The van der Waals surface area contributed by atoms with Crippen LogP contribution in [0.2, 0.25) is 0 Å². The number of nitrogens with two attached hydrogens (primary N) is 1. The van der Waals surface area contributed by atoms with Crippen molar-refractivity contribution in [1.82, 2.24) is 9.61 Å². The maximum atomic E-state index is 11.7. The Labute approximate surface area is 160 Å². The largest absolute Gasteiger partial charge is 0.366 e. The molecule has 3 aromatic rings. The van der Waals surface area contributed by atoms with E-state index in [1.807, 2.05) is 48.6 Å². The van der Waals surface area contributed by atoms with Gasteiger partial charge in [-0.15, -0.1) is 5.10 Å². The fourth-order valence-electron chi connectivity index (χ4n) is 3.24. The highest BCUT2D eigenvalue weighted by molar-refractivity contribution is 7.78. The van der Waals surface area contributed by atoms with Crippen LogP contribution >= 0.6 is 0 Å². The quantitative estimate of drug-likeness (QED) is 0.634. The molecular weight excluding hydrogens is 364 g/mol. The summed E-state index contributed by atoms with van der Waals surface area (Å²) in [6, 6.07) is 10.9. The average Bonchev–Trinajstić information content (AvgIpc) is 3.03. The van der Waals surface area contributed by atoms with E-state index in [2.05, 4.69) is 0 Å². The van der Waals surface area contributed by atoms with E-state index < -0.39 is 17.0 Å². The number of nitrogens with zero attached hydrogens (tertiary/aromatic N) is 3. The van der Waals surface area contributed by atoms with Crippen molar-refractivity contribution in [3.63, 3.8) is 0 Å². The number of benzene rings is 1. The molecule has 142 valence electrons. The van der Waals surface area contributed by atoms with Crippen LogP contribution in [0.25, 0.3) is 16.6 Å². The van der Waals surface area contributed by atoms with Gasteiger partial charge in [-0.05, 0) is 36.2 Å². The molecule has 1 atom stereocenters. The van der Waals surface area contributed by atoms with Gasteiger partial charge in [-0.1, -0.05) is 19.1 Å². The molecule has 7 nitrogen and oxygen atoms in total. The van der Waals surface area contributed by atoms with Gasteiger partial charge in [0.25, 0.3) is 0 Å². The van der Waals surface area contributed by atoms with Crippen molar-refractivity contribution in [2.24, 2.45) is 5.73 Å². The monoisotopic (exact) mass is 386 g/mol. The first-order valence-corrected chi connectivity index (χ1v) is 9.79. The molecule has 1 aromatic carbocycles. The molecule has 0 bridgehead atoms. The molecule has 0 aliphatic carbocycles. The second-order valence-corrected chi connectivity index (χ2v) is 7.39. The van der Waals surface area contributed by atoms with Gasteiger partial charge in [-0.2, -0.15) is 0 Å². The second kappa shape index (κ2) is 7.50. The van der Waals surface area contributed by atoms with Crippen LogP contribution in [0.1, 0.15) is 28.5 Å². The molecule has 0 saturated carbocycles. The second-order valence-electron chi connectivity index (χ2n) is 6.46. The smallest absolute Gasteiger partial charge is 0.248 e. The summed E-state index contributed by atoms with van der Waals surface area (Å²) in [5.74, 6) is 0.0155. The molecule has 1 amide bonds. The van der Waals surface area contributed by atoms with Gasteiger partial charge in [-0.3, -0.25) is 4.79 Å². The number of fused-ring (bicyclic) bond motifs is 1. The van der Waals surface area contributed by atoms with Crippen LogP contribution in [-0.2, 0) is 23.3 Å². The van der Waals surface area contributed by atoms with Gasteiger partial charge in [0.15, 0.2) is 16.9 Å². The Hall–Kier alpha value is -2.71. The maximum Gasteiger partial charge on any atom is 0.248 e. The lowest BCUT2D eigenvalue weighted by Crippen LogP contribution is -2.18. The summed E-state index contributed by atoms with van der Waals surface area (Å²) in [6.07, 6.45) is 0.792. The summed E-state index contributed by atoms with van der Waals surface area (Å²) in [7, 11) is 3.69. The number of carbonyl (C=O) groups is 1. The molecule has 27 heavy (non-hydrogen) atoms. The number of hydrogen-bond donors (Lipinski definition) is 2. The zero-order valence-corrected chi connectivity index (χ0v) is 16.3. The van der Waals surface area contributed by atoms with Crippen LogP contribution in [0.5, 0.6) is 0 Å². The Morgan fingerprint density at radius 2 is 2.04 bits per heavy atom. The third kappa shape index (κ3) is 3.58. The van der Waals surface area contributed by atoms with E-state index in [-0.39, 0.29) is 5.75 Å². The Morgan fingerprint density at radius 1 is 1.30 bits per heavy atom. The van der Waals surface area contributed by atoms with Crippen molar-refractivity contribution >= 4 is 28.3 Å². The number of rotatable bonds is 6. The predicted octanol–water partition coefficient (Wildman–Crippen LogP) is 2.45. The fraction of sp³-hybridized carbons (Fsp3) is 0.263. The van der Waals surface area contributed by atoms with E-state index in [4.69, 9.17) is 10.8 Å². The lowest BCUT2D eigenvalue weighted by Gasteiger charge is -2.21. The third-order valence-corrected chi connectivity index (χ3v) is 4.98. The minimum absolute atomic E-state index is 0.0697. The van der Waals surface area contributed by atoms with Crippen molar-refractivity contribution in [3.8, 4) is 11.1 Å². The molecule has 2 heterocycles. The van der Waals surface area contributed by atoms with E-state index in [1.165, 1.54) is 0 Å². The summed E-state index contributed by atoms with van der Waals surface area (Å²) in [5, 5.41) is 4.71. The highest BCUT2D eigenvalue weighted by atomic mass is 32.2. The van der Waals surface area contributed by atoms with Crippen LogP contribution in [0.15, 0.2) is 36.4 Å². The number of aromatic nitrogens is 2. The molecule has 0 fully saturated rings. The number of aryl methyl sites for hydroxylation is 1. The van der Waals surface area contributed by atoms with Gasteiger partial charge in [0.2, 0.25) is 5.91 Å². The summed E-state index contributed by atoms with van der Waals surface area (Å²) >= 11 is -2.05. The van der Waals surface area contributed by atoms with Gasteiger partial charge < -0.3 is 15.2 Å². The van der Waals surface area contributed by atoms with Crippen molar-refractivity contribution < 1.29 is 13.6 Å². The lowest BCUT2D eigenvalue weighted by atomic mass is 9.98. The van der Waals surface area contributed by atoms with Crippen molar-refractivity contribution in [3.05, 3.63) is 53.2 Å². The molecular formula is C19H22N4O3S. The first-order chi connectivity index (χ1) is 12.8. The summed E-state index contributed by atoms with van der Waals surface area (Å²) < 4.78 is 23.1. The van der Waals surface area contributed by atoms with E-state index in [0.717, 1.165) is 28.8 Å². The fourth-order valence-corrected chi connectivity index (χ4v) is 3.76. The lowest BCUT2D eigenvalue weighted by molar-refractivity contribution is 0.100. The van der Waals surface area contributed by atoms with Gasteiger partial charge in [0, 0.05) is 36.5 Å². The van der Waals surface area contributed by atoms with Gasteiger partial charge in [0.05, 0.1) is 11.3 Å². The van der Waals surface area contributed by atoms with Crippen molar-refractivity contribution in [1.29, 1.82) is 0 Å².